The number of nitrogens with one attached hydrogen (secondary N) is 1. The van der Waals surface area contributed by atoms with Crippen molar-refractivity contribution < 1.29 is 27.0 Å². The molecule has 0 bridgehead atoms. The number of ether oxygens (including phenoxy) is 3. The summed E-state index contributed by atoms with van der Waals surface area (Å²) in [6, 6.07) is 13.9. The van der Waals surface area contributed by atoms with Crippen molar-refractivity contribution in [2.45, 2.75) is 57.1 Å². The van der Waals surface area contributed by atoms with Gasteiger partial charge in [0.2, 0.25) is 12.7 Å². The first-order chi connectivity index (χ1) is 16.2. The lowest BCUT2D eigenvalue weighted by Crippen LogP contribution is -2.27. The summed E-state index contributed by atoms with van der Waals surface area (Å²) in [6.07, 6.45) is 1.02. The maximum Gasteiger partial charge on any atom is 0.235 e. The van der Waals surface area contributed by atoms with Gasteiger partial charge in [-0.3, -0.25) is 4.79 Å². The van der Waals surface area contributed by atoms with Crippen LogP contribution in [0.4, 0.5) is 5.69 Å². The molecule has 7 heteroatoms. The molecule has 1 aliphatic carbocycles. The molecule has 1 fully saturated rings. The molecule has 1 atom stereocenters. The molecule has 1 amide bonds. The summed E-state index contributed by atoms with van der Waals surface area (Å²) < 4.78 is 18.2. The number of aliphatic hydroxyl groups is 1. The van der Waals surface area contributed by atoms with Gasteiger partial charge < -0.3 is 29.2 Å². The molecule has 34 heavy (non-hydrogen) atoms. The quantitative estimate of drug-likeness (QED) is 0.519. The van der Waals surface area contributed by atoms with Gasteiger partial charge in [0.1, 0.15) is 0 Å². The molecule has 0 saturated heterocycles. The zero-order chi connectivity index (χ0) is 24.1. The Morgan fingerprint density at radius 3 is 2.65 bits per heavy atom. The van der Waals surface area contributed by atoms with Gasteiger partial charge in [-0.15, -0.1) is 0 Å². The number of aliphatic hydroxyl groups excluding tert-OH is 1. The molecule has 2 N–H and O–H groups in total. The van der Waals surface area contributed by atoms with E-state index in [9.17, 15) is 9.90 Å². The molecule has 7 nitrogen and oxygen atoms in total. The van der Waals surface area contributed by atoms with E-state index in [0.717, 1.165) is 46.4 Å². The summed E-state index contributed by atoms with van der Waals surface area (Å²) in [7, 11) is 1.59. The van der Waals surface area contributed by atoms with E-state index in [0.29, 0.717) is 12.3 Å². The van der Waals surface area contributed by atoms with Crippen molar-refractivity contribution in [1.82, 2.24) is 4.57 Å². The Morgan fingerprint density at radius 1 is 1.18 bits per heavy atom. The lowest BCUT2D eigenvalue weighted by atomic mass is 9.92. The number of carbonyl (C=O) groups is 1. The Bertz CT molecular complexity index is 1250. The van der Waals surface area contributed by atoms with Crippen LogP contribution in [-0.4, -0.2) is 42.2 Å². The van der Waals surface area contributed by atoms with Crippen LogP contribution in [0.15, 0.2) is 42.5 Å². The van der Waals surface area contributed by atoms with Gasteiger partial charge in [-0.2, -0.15) is 0 Å². The number of benzene rings is 2. The first-order valence-corrected chi connectivity index (χ1v) is 11.7. The Kier molecular flexibility index (Phi) is 5.57. The summed E-state index contributed by atoms with van der Waals surface area (Å²) in [5.74, 6) is 1.42. The van der Waals surface area contributed by atoms with Gasteiger partial charge in [0.25, 0.3) is 0 Å². The third-order valence-electron chi connectivity index (χ3n) is 6.79. The lowest BCUT2D eigenvalue weighted by molar-refractivity contribution is -0.118. The van der Waals surface area contributed by atoms with Crippen molar-refractivity contribution in [1.29, 1.82) is 0 Å². The van der Waals surface area contributed by atoms with Gasteiger partial charge in [0, 0.05) is 37.7 Å². The van der Waals surface area contributed by atoms with E-state index in [4.69, 9.17) is 14.2 Å². The number of fused-ring (bicyclic) bond motifs is 2. The maximum absolute atomic E-state index is 13.3. The first-order valence-electron chi connectivity index (χ1n) is 11.7. The number of amides is 1. The van der Waals surface area contributed by atoms with Gasteiger partial charge in [-0.1, -0.05) is 26.8 Å². The molecule has 2 aromatic carbocycles. The fraction of sp³-hybridized carbons (Fsp3) is 0.444. The number of nitrogens with zero attached hydrogens (tertiary/aromatic N) is 1. The van der Waals surface area contributed by atoms with Crippen LogP contribution in [0.25, 0.3) is 10.9 Å². The Labute approximate surface area is 202 Å². The molecule has 5 rings (SSSR count). The number of aromatic nitrogens is 1. The van der Waals surface area contributed by atoms with Crippen LogP contribution in [0, 0.1) is 0 Å². The SMILES string of the molecule is COCC(O)Cn1c(C(C)(C)C)cc2cc(NC(=O)C3(c4ccc5c(c4)OCO5)CC3)ccc21.[HH].[HH]. The standard InChI is InChI=1S/C27H32N2O5.2H2/c1-26(2,3)24-12-17-11-19(6-7-21(17)29(24)14-20(30)15-32-4)28-25(31)27(9-10-27)18-5-8-22-23(13-18)34-16-33-22;;/h5-8,11-13,20,30H,9-10,14-16H2,1-4H3,(H,28,31);2*1H. The number of rotatable bonds is 7. The number of anilines is 1. The maximum atomic E-state index is 13.3. The Hall–Kier alpha value is -3.03. The van der Waals surface area contributed by atoms with E-state index in [-0.39, 0.29) is 27.6 Å². The average molecular weight is 469 g/mol. The molecule has 0 radical (unpaired) electrons. The Balaban J connectivity index is 0.00000180. The molecule has 3 aromatic rings. The third kappa shape index (κ3) is 4.03. The van der Waals surface area contributed by atoms with Crippen LogP contribution >= 0.6 is 0 Å². The van der Waals surface area contributed by atoms with Crippen LogP contribution in [-0.2, 0) is 26.9 Å². The predicted octanol–water partition coefficient (Wildman–Crippen LogP) is 4.84. The minimum Gasteiger partial charge on any atom is -0.454 e. The van der Waals surface area contributed by atoms with Crippen molar-refractivity contribution in [3.63, 3.8) is 0 Å². The average Bonchev–Trinajstić information content (AvgIpc) is 3.33. The molecule has 1 aliphatic heterocycles. The van der Waals surface area contributed by atoms with E-state index in [2.05, 4.69) is 36.7 Å². The van der Waals surface area contributed by atoms with E-state index in [1.54, 1.807) is 7.11 Å². The molecule has 1 saturated carbocycles. The Morgan fingerprint density at radius 2 is 1.94 bits per heavy atom. The summed E-state index contributed by atoms with van der Waals surface area (Å²) in [5.41, 5.74) is 3.24. The van der Waals surface area contributed by atoms with Gasteiger partial charge in [-0.05, 0) is 54.8 Å². The van der Waals surface area contributed by atoms with Crippen molar-refractivity contribution >= 4 is 22.5 Å². The predicted molar refractivity (Wildman–Crippen MR) is 135 cm³/mol. The molecule has 1 aromatic heterocycles. The number of hydrogen-bond acceptors (Lipinski definition) is 5. The minimum absolute atomic E-state index is 0. The molecule has 0 spiro atoms. The normalized spacial score (nSPS) is 17.1. The van der Waals surface area contributed by atoms with E-state index < -0.39 is 11.5 Å². The highest BCUT2D eigenvalue weighted by molar-refractivity contribution is 6.02. The largest absolute Gasteiger partial charge is 0.454 e. The van der Waals surface area contributed by atoms with E-state index in [1.807, 2.05) is 36.4 Å². The summed E-state index contributed by atoms with van der Waals surface area (Å²) in [4.78, 5) is 13.3. The van der Waals surface area contributed by atoms with Crippen LogP contribution in [0.2, 0.25) is 0 Å². The van der Waals surface area contributed by atoms with Crippen LogP contribution < -0.4 is 14.8 Å². The van der Waals surface area contributed by atoms with E-state index >= 15 is 0 Å². The van der Waals surface area contributed by atoms with Gasteiger partial charge in [0.15, 0.2) is 11.5 Å². The summed E-state index contributed by atoms with van der Waals surface area (Å²) in [6.45, 7) is 7.42. The van der Waals surface area contributed by atoms with Crippen LogP contribution in [0.5, 0.6) is 11.5 Å². The molecule has 184 valence electrons. The third-order valence-corrected chi connectivity index (χ3v) is 6.79. The zero-order valence-electron chi connectivity index (χ0n) is 20.2. The van der Waals surface area contributed by atoms with Crippen molar-refractivity contribution in [2.24, 2.45) is 0 Å². The molecular formula is C27H36N2O5. The lowest BCUT2D eigenvalue weighted by Gasteiger charge is -2.23. The number of methoxy groups -OCH3 is 1. The second-order valence-electron chi connectivity index (χ2n) is 10.4. The van der Waals surface area contributed by atoms with Crippen molar-refractivity contribution in [3.05, 3.63) is 53.7 Å². The van der Waals surface area contributed by atoms with Crippen LogP contribution in [0.3, 0.4) is 0 Å². The van der Waals surface area contributed by atoms with Gasteiger partial charge >= 0.3 is 0 Å². The highest BCUT2D eigenvalue weighted by Crippen LogP contribution is 2.51. The minimum atomic E-state index is -0.600. The topological polar surface area (TPSA) is 82.0 Å². The van der Waals surface area contributed by atoms with Crippen molar-refractivity contribution in [3.8, 4) is 11.5 Å². The first kappa shape index (κ1) is 22.7. The zero-order valence-corrected chi connectivity index (χ0v) is 20.2. The fourth-order valence-corrected chi connectivity index (χ4v) is 4.84. The molecule has 2 heterocycles. The number of carbonyl (C=O) groups excluding carboxylic acids is 1. The molecular weight excluding hydrogens is 432 g/mol. The van der Waals surface area contributed by atoms with Crippen LogP contribution in [0.1, 0.15) is 47.7 Å². The second kappa shape index (κ2) is 8.32. The monoisotopic (exact) mass is 468 g/mol. The highest BCUT2D eigenvalue weighted by atomic mass is 16.7. The number of hydrogen-bond donors (Lipinski definition) is 2. The summed E-state index contributed by atoms with van der Waals surface area (Å²) >= 11 is 0. The molecule has 2 aliphatic rings. The summed E-state index contributed by atoms with van der Waals surface area (Å²) in [5, 5.41) is 14.6. The van der Waals surface area contributed by atoms with Crippen molar-refractivity contribution in [2.75, 3.05) is 25.8 Å². The highest BCUT2D eigenvalue weighted by Gasteiger charge is 2.51. The van der Waals surface area contributed by atoms with Gasteiger partial charge in [-0.25, -0.2) is 0 Å². The molecule has 1 unspecified atom stereocenters. The smallest absolute Gasteiger partial charge is 0.235 e. The fourth-order valence-electron chi connectivity index (χ4n) is 4.84. The second-order valence-corrected chi connectivity index (χ2v) is 10.4. The van der Waals surface area contributed by atoms with E-state index in [1.165, 1.54) is 0 Å². The van der Waals surface area contributed by atoms with Gasteiger partial charge in [0.05, 0.1) is 24.7 Å².